The smallest absolute Gasteiger partial charge is 0.246 e. The number of rotatable bonds is 8. The molecular formula is C23H28FN2O2+. The van der Waals surface area contributed by atoms with E-state index in [-0.39, 0.29) is 12.6 Å². The summed E-state index contributed by atoms with van der Waals surface area (Å²) in [4.78, 5) is 15.9. The molecule has 28 heavy (non-hydrogen) atoms. The highest BCUT2D eigenvalue weighted by Gasteiger charge is 2.22. The van der Waals surface area contributed by atoms with Crippen molar-refractivity contribution in [2.75, 3.05) is 39.5 Å². The number of benzene rings is 2. The zero-order valence-corrected chi connectivity index (χ0v) is 16.1. The molecule has 1 N–H and O–H groups in total. The van der Waals surface area contributed by atoms with Crippen LogP contribution in [0.25, 0.3) is 6.08 Å². The number of carbonyl (C=O) groups is 1. The topological polar surface area (TPSA) is 34.0 Å². The van der Waals surface area contributed by atoms with Crippen LogP contribution in [0.3, 0.4) is 0 Å². The third-order valence-electron chi connectivity index (χ3n) is 4.92. The zero-order chi connectivity index (χ0) is 19.6. The average Bonchev–Trinajstić information content (AvgIpc) is 2.74. The van der Waals surface area contributed by atoms with Crippen LogP contribution in [-0.2, 0) is 11.3 Å². The summed E-state index contributed by atoms with van der Waals surface area (Å²) in [6.45, 7) is 4.53. The van der Waals surface area contributed by atoms with Crippen LogP contribution in [0.2, 0.25) is 0 Å². The van der Waals surface area contributed by atoms with Gasteiger partial charge in [-0.3, -0.25) is 9.18 Å². The van der Waals surface area contributed by atoms with E-state index >= 15 is 0 Å². The number of ether oxygens (including phenoxy) is 1. The van der Waals surface area contributed by atoms with E-state index in [1.54, 1.807) is 6.08 Å². The van der Waals surface area contributed by atoms with Crippen molar-refractivity contribution in [2.24, 2.45) is 0 Å². The Bertz CT molecular complexity index is 754. The van der Waals surface area contributed by atoms with Gasteiger partial charge in [0, 0.05) is 18.1 Å². The molecule has 1 aliphatic heterocycles. The third-order valence-corrected chi connectivity index (χ3v) is 4.92. The highest BCUT2D eigenvalue weighted by atomic mass is 19.1. The molecule has 0 atom stereocenters. The molecule has 3 rings (SSSR count). The number of nitrogens with one attached hydrogen (secondary N) is 1. The van der Waals surface area contributed by atoms with E-state index in [1.807, 2.05) is 41.3 Å². The van der Waals surface area contributed by atoms with E-state index < -0.39 is 0 Å². The summed E-state index contributed by atoms with van der Waals surface area (Å²) in [5.74, 6) is 0.775. The van der Waals surface area contributed by atoms with Gasteiger partial charge >= 0.3 is 0 Å². The normalized spacial score (nSPS) is 15.1. The monoisotopic (exact) mass is 383 g/mol. The SMILES string of the molecule is O=C(/C=C/c1ccc(OCCCF)cc1)N1CC[NH+](Cc2ccccc2)CC1. The second kappa shape index (κ2) is 10.6. The Morgan fingerprint density at radius 1 is 1.07 bits per heavy atom. The molecule has 4 nitrogen and oxygen atoms in total. The lowest BCUT2D eigenvalue weighted by Gasteiger charge is -2.31. The quantitative estimate of drug-likeness (QED) is 0.561. The minimum Gasteiger partial charge on any atom is -0.493 e. The number of piperazine rings is 1. The van der Waals surface area contributed by atoms with E-state index in [9.17, 15) is 9.18 Å². The standard InChI is InChI=1S/C23H27FN2O2/c24-13-4-18-28-22-10-7-20(8-11-22)9-12-23(27)26-16-14-25(15-17-26)19-21-5-2-1-3-6-21/h1-3,5-12H,4,13-19H2/p+1/b12-9+. The number of alkyl halides is 1. The summed E-state index contributed by atoms with van der Waals surface area (Å²) in [5.41, 5.74) is 2.29. The Hall–Kier alpha value is -2.66. The highest BCUT2D eigenvalue weighted by molar-refractivity contribution is 5.91. The van der Waals surface area contributed by atoms with Crippen LogP contribution in [0.1, 0.15) is 17.5 Å². The van der Waals surface area contributed by atoms with Gasteiger partial charge in [0.2, 0.25) is 5.91 Å². The Kier molecular flexibility index (Phi) is 7.62. The van der Waals surface area contributed by atoms with Crippen molar-refractivity contribution in [1.82, 2.24) is 4.90 Å². The molecule has 0 radical (unpaired) electrons. The van der Waals surface area contributed by atoms with Crippen molar-refractivity contribution >= 4 is 12.0 Å². The van der Waals surface area contributed by atoms with Crippen molar-refractivity contribution in [3.05, 3.63) is 71.8 Å². The van der Waals surface area contributed by atoms with Gasteiger partial charge in [0.15, 0.2) is 0 Å². The largest absolute Gasteiger partial charge is 0.493 e. The Balaban J connectivity index is 1.43. The maximum Gasteiger partial charge on any atom is 0.246 e. The van der Waals surface area contributed by atoms with E-state index in [4.69, 9.17) is 4.74 Å². The zero-order valence-electron chi connectivity index (χ0n) is 16.1. The number of amides is 1. The van der Waals surface area contributed by atoms with Crippen LogP contribution in [0.5, 0.6) is 5.75 Å². The number of carbonyl (C=O) groups excluding carboxylic acids is 1. The lowest BCUT2D eigenvalue weighted by atomic mass is 10.2. The molecule has 148 valence electrons. The molecular weight excluding hydrogens is 355 g/mol. The second-order valence-electron chi connectivity index (χ2n) is 7.03. The first-order valence-electron chi connectivity index (χ1n) is 9.88. The summed E-state index contributed by atoms with van der Waals surface area (Å²) >= 11 is 0. The molecule has 1 aliphatic rings. The fourth-order valence-corrected chi connectivity index (χ4v) is 3.30. The van der Waals surface area contributed by atoms with Crippen LogP contribution in [0.4, 0.5) is 4.39 Å². The van der Waals surface area contributed by atoms with Crippen LogP contribution in [0.15, 0.2) is 60.7 Å². The number of quaternary nitrogens is 1. The minimum atomic E-state index is -0.370. The second-order valence-corrected chi connectivity index (χ2v) is 7.03. The van der Waals surface area contributed by atoms with Gasteiger partial charge in [-0.2, -0.15) is 0 Å². The Morgan fingerprint density at radius 3 is 2.46 bits per heavy atom. The molecule has 0 unspecified atom stereocenters. The van der Waals surface area contributed by atoms with Crippen molar-refractivity contribution in [3.63, 3.8) is 0 Å². The van der Waals surface area contributed by atoms with Gasteiger partial charge in [0.25, 0.3) is 0 Å². The molecule has 0 spiro atoms. The molecule has 1 saturated heterocycles. The summed E-state index contributed by atoms with van der Waals surface area (Å²) < 4.78 is 17.5. The number of nitrogens with zero attached hydrogens (tertiary/aromatic N) is 1. The fourth-order valence-electron chi connectivity index (χ4n) is 3.30. The number of hydrogen-bond donors (Lipinski definition) is 1. The van der Waals surface area contributed by atoms with Crippen molar-refractivity contribution in [2.45, 2.75) is 13.0 Å². The van der Waals surface area contributed by atoms with Gasteiger partial charge in [0.1, 0.15) is 12.3 Å². The first-order chi connectivity index (χ1) is 13.7. The molecule has 0 aliphatic carbocycles. The molecule has 0 bridgehead atoms. The van der Waals surface area contributed by atoms with Crippen LogP contribution in [0, 0.1) is 0 Å². The van der Waals surface area contributed by atoms with Gasteiger partial charge in [-0.15, -0.1) is 0 Å². The van der Waals surface area contributed by atoms with E-state index in [2.05, 4.69) is 24.3 Å². The maximum atomic E-state index is 12.4. The molecule has 2 aromatic carbocycles. The first kappa shape index (κ1) is 20.1. The molecule has 1 amide bonds. The number of halogens is 1. The lowest BCUT2D eigenvalue weighted by molar-refractivity contribution is -0.917. The van der Waals surface area contributed by atoms with Crippen molar-refractivity contribution < 1.29 is 18.8 Å². The van der Waals surface area contributed by atoms with Crippen LogP contribution >= 0.6 is 0 Å². The van der Waals surface area contributed by atoms with Gasteiger partial charge in [-0.1, -0.05) is 42.5 Å². The van der Waals surface area contributed by atoms with Crippen molar-refractivity contribution in [3.8, 4) is 5.75 Å². The molecule has 5 heteroatoms. The van der Waals surface area contributed by atoms with Gasteiger partial charge in [-0.05, 0) is 23.8 Å². The van der Waals surface area contributed by atoms with Gasteiger partial charge in [-0.25, -0.2) is 0 Å². The van der Waals surface area contributed by atoms with Crippen LogP contribution in [-0.4, -0.2) is 50.3 Å². The maximum absolute atomic E-state index is 12.4. The summed E-state index contributed by atoms with van der Waals surface area (Å²) in [5, 5.41) is 0. The average molecular weight is 383 g/mol. The molecule has 2 aromatic rings. The lowest BCUT2D eigenvalue weighted by Crippen LogP contribution is -3.13. The third kappa shape index (κ3) is 6.20. The Labute approximate surface area is 166 Å². The van der Waals surface area contributed by atoms with Gasteiger partial charge in [0.05, 0.1) is 39.5 Å². The minimum absolute atomic E-state index is 0.0574. The van der Waals surface area contributed by atoms with E-state index in [1.165, 1.54) is 10.5 Å². The summed E-state index contributed by atoms with van der Waals surface area (Å²) in [7, 11) is 0. The summed E-state index contributed by atoms with van der Waals surface area (Å²) in [6.07, 6.45) is 3.87. The van der Waals surface area contributed by atoms with E-state index in [0.29, 0.717) is 13.0 Å². The molecule has 1 fully saturated rings. The predicted molar refractivity (Wildman–Crippen MR) is 109 cm³/mol. The van der Waals surface area contributed by atoms with E-state index in [0.717, 1.165) is 44.0 Å². The summed E-state index contributed by atoms with van der Waals surface area (Å²) in [6, 6.07) is 18.0. The van der Waals surface area contributed by atoms with Crippen molar-refractivity contribution in [1.29, 1.82) is 0 Å². The molecule has 1 heterocycles. The molecule has 0 saturated carbocycles. The van der Waals surface area contributed by atoms with Crippen LogP contribution < -0.4 is 9.64 Å². The Morgan fingerprint density at radius 2 is 1.79 bits per heavy atom. The predicted octanol–water partition coefficient (Wildman–Crippen LogP) is 2.37. The van der Waals surface area contributed by atoms with Gasteiger partial charge < -0.3 is 14.5 Å². The molecule has 0 aromatic heterocycles. The first-order valence-corrected chi connectivity index (χ1v) is 9.88. The number of hydrogen-bond acceptors (Lipinski definition) is 2. The highest BCUT2D eigenvalue weighted by Crippen LogP contribution is 2.13. The fraction of sp³-hybridized carbons (Fsp3) is 0.348.